The van der Waals surface area contributed by atoms with Crippen LogP contribution in [-0.2, 0) is 17.9 Å². The highest BCUT2D eigenvalue weighted by Crippen LogP contribution is 2.32. The van der Waals surface area contributed by atoms with Crippen LogP contribution in [0, 0.1) is 0 Å². The molecule has 0 radical (unpaired) electrons. The molecule has 3 heterocycles. The number of carbonyl (C=O) groups excluding carboxylic acids is 1. The maximum absolute atomic E-state index is 13.0. The van der Waals surface area contributed by atoms with Gasteiger partial charge in [-0.3, -0.25) is 14.2 Å². The highest BCUT2D eigenvalue weighted by molar-refractivity contribution is 7.99. The van der Waals surface area contributed by atoms with E-state index in [1.54, 1.807) is 23.0 Å². The number of benzene rings is 1. The van der Waals surface area contributed by atoms with Gasteiger partial charge in [0.05, 0.1) is 24.1 Å². The molecule has 4 aromatic rings. The third-order valence-electron chi connectivity index (χ3n) is 4.42. The molecule has 29 heavy (non-hydrogen) atoms. The average molecular weight is 426 g/mol. The Labute approximate surface area is 175 Å². The maximum Gasteiger partial charge on any atom is 0.272 e. The quantitative estimate of drug-likeness (QED) is 0.356. The lowest BCUT2D eigenvalue weighted by atomic mass is 10.1. The molecule has 1 amide bonds. The molecule has 148 valence electrons. The highest BCUT2D eigenvalue weighted by Gasteiger charge is 2.17. The van der Waals surface area contributed by atoms with E-state index in [1.165, 1.54) is 23.1 Å². The number of thiophene rings is 1. The van der Waals surface area contributed by atoms with E-state index >= 15 is 0 Å². The Morgan fingerprint density at radius 2 is 2.07 bits per heavy atom. The van der Waals surface area contributed by atoms with Crippen LogP contribution in [0.1, 0.15) is 12.7 Å². The van der Waals surface area contributed by atoms with Crippen molar-refractivity contribution in [1.82, 2.24) is 14.9 Å². The standard InChI is InChI=1S/C21H19N3O3S2/c1-2-24-20(26)19-18(16(12-28-19)14-7-4-3-5-8-14)23-21(24)29-13-17(25)22-11-15-9-6-10-27-15/h3-10,12H,2,11,13H2,1H3,(H,22,25). The average Bonchev–Trinajstić information content (AvgIpc) is 3.41. The van der Waals surface area contributed by atoms with Crippen LogP contribution in [0.15, 0.2) is 68.5 Å². The van der Waals surface area contributed by atoms with Crippen LogP contribution in [0.4, 0.5) is 0 Å². The Bertz CT molecular complexity index is 1180. The second-order valence-electron chi connectivity index (χ2n) is 6.28. The van der Waals surface area contributed by atoms with E-state index in [4.69, 9.17) is 9.40 Å². The second kappa shape index (κ2) is 8.67. The van der Waals surface area contributed by atoms with Gasteiger partial charge in [0.2, 0.25) is 5.91 Å². The number of carbonyl (C=O) groups is 1. The molecule has 0 saturated heterocycles. The summed E-state index contributed by atoms with van der Waals surface area (Å²) in [6, 6.07) is 13.5. The van der Waals surface area contributed by atoms with Crippen molar-refractivity contribution in [3.63, 3.8) is 0 Å². The van der Waals surface area contributed by atoms with Crippen LogP contribution in [0.5, 0.6) is 0 Å². The molecule has 0 aliphatic heterocycles. The van der Waals surface area contributed by atoms with Gasteiger partial charge in [0.1, 0.15) is 10.5 Å². The lowest BCUT2D eigenvalue weighted by molar-refractivity contribution is -0.118. The van der Waals surface area contributed by atoms with Gasteiger partial charge in [0.15, 0.2) is 5.16 Å². The van der Waals surface area contributed by atoms with Crippen molar-refractivity contribution in [2.45, 2.75) is 25.2 Å². The number of amides is 1. The Morgan fingerprint density at radius 1 is 1.24 bits per heavy atom. The molecule has 1 aromatic carbocycles. The van der Waals surface area contributed by atoms with E-state index in [2.05, 4.69) is 5.32 Å². The fraction of sp³-hybridized carbons (Fsp3) is 0.190. The molecule has 0 atom stereocenters. The van der Waals surface area contributed by atoms with Gasteiger partial charge in [-0.1, -0.05) is 42.1 Å². The summed E-state index contributed by atoms with van der Waals surface area (Å²) in [6.45, 7) is 2.74. The summed E-state index contributed by atoms with van der Waals surface area (Å²) in [4.78, 5) is 29.9. The van der Waals surface area contributed by atoms with Crippen LogP contribution >= 0.6 is 23.1 Å². The van der Waals surface area contributed by atoms with Crippen LogP contribution in [0.2, 0.25) is 0 Å². The number of nitrogens with zero attached hydrogens (tertiary/aromatic N) is 2. The number of hydrogen-bond acceptors (Lipinski definition) is 6. The SMILES string of the molecule is CCn1c(SCC(=O)NCc2ccco2)nc2c(-c3ccccc3)csc2c1=O. The molecule has 0 unspecified atom stereocenters. The van der Waals surface area contributed by atoms with E-state index < -0.39 is 0 Å². The van der Waals surface area contributed by atoms with Gasteiger partial charge in [0.25, 0.3) is 5.56 Å². The zero-order chi connectivity index (χ0) is 20.2. The van der Waals surface area contributed by atoms with Crippen LogP contribution in [0.25, 0.3) is 21.3 Å². The number of rotatable bonds is 7. The Balaban J connectivity index is 1.59. The normalized spacial score (nSPS) is 11.1. The molecular weight excluding hydrogens is 406 g/mol. The first kappa shape index (κ1) is 19.5. The molecule has 3 aromatic heterocycles. The van der Waals surface area contributed by atoms with Crippen molar-refractivity contribution in [2.24, 2.45) is 0 Å². The number of fused-ring (bicyclic) bond motifs is 1. The predicted molar refractivity (Wildman–Crippen MR) is 116 cm³/mol. The molecule has 6 nitrogen and oxygen atoms in total. The Morgan fingerprint density at radius 3 is 2.79 bits per heavy atom. The largest absolute Gasteiger partial charge is 0.467 e. The zero-order valence-electron chi connectivity index (χ0n) is 15.8. The number of aromatic nitrogens is 2. The summed E-state index contributed by atoms with van der Waals surface area (Å²) in [7, 11) is 0. The monoisotopic (exact) mass is 425 g/mol. The van der Waals surface area contributed by atoms with Crippen molar-refractivity contribution in [3.05, 3.63) is 70.2 Å². The Kier molecular flexibility index (Phi) is 5.82. The fourth-order valence-corrected chi connectivity index (χ4v) is 4.82. The van der Waals surface area contributed by atoms with Crippen LogP contribution in [0.3, 0.4) is 0 Å². The van der Waals surface area contributed by atoms with Crippen molar-refractivity contribution in [1.29, 1.82) is 0 Å². The molecule has 0 bridgehead atoms. The summed E-state index contributed by atoms with van der Waals surface area (Å²) in [5.41, 5.74) is 2.58. The van der Waals surface area contributed by atoms with Crippen LogP contribution in [-0.4, -0.2) is 21.2 Å². The van der Waals surface area contributed by atoms with E-state index in [0.29, 0.717) is 34.2 Å². The molecule has 0 saturated carbocycles. The lowest BCUT2D eigenvalue weighted by Crippen LogP contribution is -2.26. The minimum absolute atomic E-state index is 0.0665. The summed E-state index contributed by atoms with van der Waals surface area (Å²) in [5.74, 6) is 0.722. The fourth-order valence-electron chi connectivity index (χ4n) is 2.97. The molecule has 0 aliphatic rings. The van der Waals surface area contributed by atoms with Gasteiger partial charge in [-0.2, -0.15) is 0 Å². The third-order valence-corrected chi connectivity index (χ3v) is 6.35. The molecule has 0 fully saturated rings. The topological polar surface area (TPSA) is 77.1 Å². The van der Waals surface area contributed by atoms with E-state index in [-0.39, 0.29) is 17.2 Å². The van der Waals surface area contributed by atoms with Gasteiger partial charge >= 0.3 is 0 Å². The smallest absolute Gasteiger partial charge is 0.272 e. The summed E-state index contributed by atoms with van der Waals surface area (Å²) in [5, 5.41) is 5.33. The van der Waals surface area contributed by atoms with Crippen molar-refractivity contribution in [3.8, 4) is 11.1 Å². The van der Waals surface area contributed by atoms with Gasteiger partial charge in [-0.25, -0.2) is 4.98 Å². The van der Waals surface area contributed by atoms with E-state index in [9.17, 15) is 9.59 Å². The van der Waals surface area contributed by atoms with Crippen LogP contribution < -0.4 is 10.9 Å². The first-order valence-corrected chi connectivity index (χ1v) is 11.0. The number of hydrogen-bond donors (Lipinski definition) is 1. The van der Waals surface area contributed by atoms with Gasteiger partial charge < -0.3 is 9.73 Å². The summed E-state index contributed by atoms with van der Waals surface area (Å²) < 4.78 is 7.47. The highest BCUT2D eigenvalue weighted by atomic mass is 32.2. The minimum atomic E-state index is -0.142. The molecule has 1 N–H and O–H groups in total. The summed E-state index contributed by atoms with van der Waals surface area (Å²) >= 11 is 2.68. The van der Waals surface area contributed by atoms with Gasteiger partial charge in [-0.15, -0.1) is 11.3 Å². The molecular formula is C21H19N3O3S2. The van der Waals surface area contributed by atoms with Crippen molar-refractivity contribution < 1.29 is 9.21 Å². The van der Waals surface area contributed by atoms with Gasteiger partial charge in [-0.05, 0) is 24.6 Å². The lowest BCUT2D eigenvalue weighted by Gasteiger charge is -2.10. The first-order valence-electron chi connectivity index (χ1n) is 9.16. The number of nitrogens with one attached hydrogen (secondary N) is 1. The van der Waals surface area contributed by atoms with Crippen molar-refractivity contribution >= 4 is 39.2 Å². The summed E-state index contributed by atoms with van der Waals surface area (Å²) in [6.07, 6.45) is 1.57. The molecule has 4 rings (SSSR count). The third kappa shape index (κ3) is 4.13. The number of thioether (sulfide) groups is 1. The molecule has 8 heteroatoms. The first-order chi connectivity index (χ1) is 14.2. The maximum atomic E-state index is 13.0. The van der Waals surface area contributed by atoms with E-state index in [0.717, 1.165) is 11.1 Å². The van der Waals surface area contributed by atoms with E-state index in [1.807, 2.05) is 42.6 Å². The molecule has 0 spiro atoms. The predicted octanol–water partition coefficient (Wildman–Crippen LogP) is 4.15. The van der Waals surface area contributed by atoms with Crippen molar-refractivity contribution in [2.75, 3.05) is 5.75 Å². The number of furan rings is 1. The zero-order valence-corrected chi connectivity index (χ0v) is 17.4. The Hall–Kier alpha value is -2.84. The molecule has 0 aliphatic carbocycles. The second-order valence-corrected chi connectivity index (χ2v) is 8.10. The minimum Gasteiger partial charge on any atom is -0.467 e. The van der Waals surface area contributed by atoms with Gasteiger partial charge in [0, 0.05) is 17.5 Å².